The highest BCUT2D eigenvalue weighted by Crippen LogP contribution is 2.08. The number of rotatable bonds is 5. The molecule has 0 saturated carbocycles. The normalized spacial score (nSPS) is 11.4. The predicted molar refractivity (Wildman–Crippen MR) is 62.6 cm³/mol. The van der Waals surface area contributed by atoms with Crippen molar-refractivity contribution in [1.29, 1.82) is 0 Å². The Morgan fingerprint density at radius 1 is 1.35 bits per heavy atom. The smallest absolute Gasteiger partial charge is 0.430 e. The maximum absolute atomic E-state index is 11.7. The van der Waals surface area contributed by atoms with Crippen LogP contribution in [0.3, 0.4) is 0 Å². The van der Waals surface area contributed by atoms with Gasteiger partial charge in [-0.1, -0.05) is 36.9 Å². The first-order chi connectivity index (χ1) is 8.13. The van der Waals surface area contributed by atoms with Crippen molar-refractivity contribution in [2.45, 2.75) is 19.4 Å². The Hall–Kier alpha value is -2.10. The minimum atomic E-state index is -0.853. The molecule has 4 nitrogen and oxygen atoms in total. The van der Waals surface area contributed by atoms with Gasteiger partial charge in [0, 0.05) is 12.0 Å². The highest BCUT2D eigenvalue weighted by molar-refractivity contribution is 5.96. The maximum Gasteiger partial charge on any atom is 0.513 e. The second-order valence-electron chi connectivity index (χ2n) is 3.46. The van der Waals surface area contributed by atoms with Gasteiger partial charge in [-0.15, -0.1) is 0 Å². The summed E-state index contributed by atoms with van der Waals surface area (Å²) in [5.41, 5.74) is 0.597. The first kappa shape index (κ1) is 13.0. The minimum Gasteiger partial charge on any atom is -0.430 e. The van der Waals surface area contributed by atoms with Gasteiger partial charge in [0.2, 0.25) is 0 Å². The van der Waals surface area contributed by atoms with Crippen LogP contribution >= 0.6 is 0 Å². The molecule has 1 aromatic carbocycles. The summed E-state index contributed by atoms with van der Waals surface area (Å²) in [4.78, 5) is 22.7. The molecule has 1 rings (SSSR count). The van der Waals surface area contributed by atoms with E-state index in [0.29, 0.717) is 5.56 Å². The first-order valence-electron chi connectivity index (χ1n) is 5.20. The van der Waals surface area contributed by atoms with Crippen LogP contribution < -0.4 is 0 Å². The van der Waals surface area contributed by atoms with E-state index in [1.807, 2.05) is 6.07 Å². The van der Waals surface area contributed by atoms with Gasteiger partial charge >= 0.3 is 6.16 Å². The lowest BCUT2D eigenvalue weighted by atomic mass is 10.1. The highest BCUT2D eigenvalue weighted by atomic mass is 16.7. The number of ether oxygens (including phenoxy) is 2. The Morgan fingerprint density at radius 3 is 2.59 bits per heavy atom. The van der Waals surface area contributed by atoms with E-state index < -0.39 is 12.3 Å². The summed E-state index contributed by atoms with van der Waals surface area (Å²) in [5, 5.41) is 0. The molecule has 1 aromatic rings. The van der Waals surface area contributed by atoms with Gasteiger partial charge in [-0.3, -0.25) is 4.79 Å². The number of carbonyl (C=O) groups is 2. The van der Waals surface area contributed by atoms with Crippen LogP contribution in [-0.2, 0) is 9.47 Å². The van der Waals surface area contributed by atoms with Crippen molar-refractivity contribution in [2.75, 3.05) is 0 Å². The van der Waals surface area contributed by atoms with E-state index in [1.165, 1.54) is 0 Å². The van der Waals surface area contributed by atoms with Crippen LogP contribution in [0.25, 0.3) is 0 Å². The van der Waals surface area contributed by atoms with E-state index in [4.69, 9.17) is 4.74 Å². The lowest BCUT2D eigenvalue weighted by Crippen LogP contribution is -2.18. The van der Waals surface area contributed by atoms with Crippen molar-refractivity contribution in [3.8, 4) is 0 Å². The summed E-state index contributed by atoms with van der Waals surface area (Å²) in [6.07, 6.45) is -0.284. The number of Topliss-reactive ketones (excluding diaryl/α,β-unsaturated/α-hetero) is 1. The molecule has 0 aliphatic rings. The molecule has 0 amide bonds. The van der Waals surface area contributed by atoms with E-state index in [0.717, 1.165) is 6.26 Å². The van der Waals surface area contributed by atoms with Gasteiger partial charge in [0.25, 0.3) is 0 Å². The fourth-order valence-corrected chi connectivity index (χ4v) is 1.30. The molecule has 0 fully saturated rings. The Morgan fingerprint density at radius 2 is 2.00 bits per heavy atom. The Labute approximate surface area is 99.8 Å². The Kier molecular flexibility index (Phi) is 4.94. The van der Waals surface area contributed by atoms with Crippen molar-refractivity contribution in [3.05, 3.63) is 48.7 Å². The number of benzene rings is 1. The summed E-state index contributed by atoms with van der Waals surface area (Å²) in [7, 11) is 0. The van der Waals surface area contributed by atoms with Crippen LogP contribution in [0.15, 0.2) is 43.2 Å². The summed E-state index contributed by atoms with van der Waals surface area (Å²) in [6, 6.07) is 8.84. The zero-order chi connectivity index (χ0) is 12.7. The molecule has 0 radical (unpaired) electrons. The second-order valence-corrected chi connectivity index (χ2v) is 3.46. The minimum absolute atomic E-state index is 0.0792. The lowest BCUT2D eigenvalue weighted by Gasteiger charge is -2.10. The fraction of sp³-hybridized carbons (Fsp3) is 0.231. The van der Waals surface area contributed by atoms with Crippen molar-refractivity contribution in [2.24, 2.45) is 0 Å². The third-order valence-corrected chi connectivity index (χ3v) is 2.05. The first-order valence-corrected chi connectivity index (χ1v) is 5.20. The van der Waals surface area contributed by atoms with Gasteiger partial charge in [0.15, 0.2) is 5.78 Å². The van der Waals surface area contributed by atoms with Crippen molar-refractivity contribution >= 4 is 11.9 Å². The zero-order valence-electron chi connectivity index (χ0n) is 9.59. The number of carbonyl (C=O) groups excluding carboxylic acids is 2. The van der Waals surface area contributed by atoms with Gasteiger partial charge in [0.05, 0.1) is 6.26 Å². The van der Waals surface area contributed by atoms with Crippen LogP contribution in [0.2, 0.25) is 0 Å². The van der Waals surface area contributed by atoms with Crippen molar-refractivity contribution in [1.82, 2.24) is 0 Å². The van der Waals surface area contributed by atoms with Crippen LogP contribution in [0, 0.1) is 0 Å². The third-order valence-electron chi connectivity index (χ3n) is 2.05. The van der Waals surface area contributed by atoms with E-state index in [1.54, 1.807) is 31.2 Å². The standard InChI is InChI=1S/C13H14O4/c1-3-16-13(15)17-10(2)9-12(14)11-7-5-4-6-8-11/h3-8,10H,1,9H2,2H3. The van der Waals surface area contributed by atoms with Crippen LogP contribution in [0.1, 0.15) is 23.7 Å². The summed E-state index contributed by atoms with van der Waals surface area (Å²) in [6.45, 7) is 4.86. The molecular formula is C13H14O4. The number of hydrogen-bond donors (Lipinski definition) is 0. The van der Waals surface area contributed by atoms with Crippen molar-refractivity contribution < 1.29 is 19.1 Å². The van der Waals surface area contributed by atoms with Gasteiger partial charge in [-0.25, -0.2) is 4.79 Å². The monoisotopic (exact) mass is 234 g/mol. The van der Waals surface area contributed by atoms with E-state index in [-0.39, 0.29) is 12.2 Å². The van der Waals surface area contributed by atoms with E-state index in [2.05, 4.69) is 11.3 Å². The molecular weight excluding hydrogens is 220 g/mol. The molecule has 4 heteroatoms. The maximum atomic E-state index is 11.7. The third kappa shape index (κ3) is 4.51. The molecule has 0 aromatic heterocycles. The molecule has 90 valence electrons. The summed E-state index contributed by atoms with van der Waals surface area (Å²) in [5.74, 6) is -0.0792. The fourth-order valence-electron chi connectivity index (χ4n) is 1.30. The molecule has 0 heterocycles. The Bertz CT molecular complexity index is 397. The molecule has 0 aliphatic heterocycles. The van der Waals surface area contributed by atoms with Gasteiger partial charge in [-0.2, -0.15) is 0 Å². The molecule has 17 heavy (non-hydrogen) atoms. The molecule has 0 N–H and O–H groups in total. The highest BCUT2D eigenvalue weighted by Gasteiger charge is 2.15. The number of hydrogen-bond acceptors (Lipinski definition) is 4. The SMILES string of the molecule is C=COC(=O)OC(C)CC(=O)c1ccccc1. The predicted octanol–water partition coefficient (Wildman–Crippen LogP) is 2.94. The van der Waals surface area contributed by atoms with Crippen LogP contribution in [0.4, 0.5) is 4.79 Å². The van der Waals surface area contributed by atoms with E-state index >= 15 is 0 Å². The quantitative estimate of drug-likeness (QED) is 0.446. The average Bonchev–Trinajstić information content (AvgIpc) is 2.30. The second kappa shape index (κ2) is 6.48. The van der Waals surface area contributed by atoms with Crippen LogP contribution in [-0.4, -0.2) is 18.0 Å². The Balaban J connectivity index is 2.46. The van der Waals surface area contributed by atoms with Gasteiger partial charge in [0.1, 0.15) is 6.10 Å². The van der Waals surface area contributed by atoms with Crippen LogP contribution in [0.5, 0.6) is 0 Å². The molecule has 0 saturated heterocycles. The molecule has 0 spiro atoms. The topological polar surface area (TPSA) is 52.6 Å². The summed E-state index contributed by atoms with van der Waals surface area (Å²) >= 11 is 0. The molecule has 0 bridgehead atoms. The van der Waals surface area contributed by atoms with E-state index in [9.17, 15) is 9.59 Å². The molecule has 0 aliphatic carbocycles. The number of ketones is 1. The van der Waals surface area contributed by atoms with Crippen molar-refractivity contribution in [3.63, 3.8) is 0 Å². The molecule has 1 unspecified atom stereocenters. The summed E-state index contributed by atoms with van der Waals surface area (Å²) < 4.78 is 9.22. The average molecular weight is 234 g/mol. The van der Waals surface area contributed by atoms with Gasteiger partial charge in [-0.05, 0) is 6.92 Å². The van der Waals surface area contributed by atoms with Gasteiger partial charge < -0.3 is 9.47 Å². The lowest BCUT2D eigenvalue weighted by molar-refractivity contribution is 0.0487. The molecule has 1 atom stereocenters. The zero-order valence-corrected chi connectivity index (χ0v) is 9.59. The largest absolute Gasteiger partial charge is 0.513 e.